The molecule has 0 bridgehead atoms. The lowest BCUT2D eigenvalue weighted by atomic mass is 10.0. The molecule has 0 aliphatic carbocycles. The summed E-state index contributed by atoms with van der Waals surface area (Å²) in [5.74, 6) is -0.467. The molecule has 26 heavy (non-hydrogen) atoms. The minimum atomic E-state index is -4.50. The average Bonchev–Trinajstić information content (AvgIpc) is 2.60. The van der Waals surface area contributed by atoms with E-state index in [1.54, 1.807) is 6.92 Å². The Balaban J connectivity index is 1.75. The van der Waals surface area contributed by atoms with E-state index in [0.29, 0.717) is 24.3 Å². The largest absolute Gasteiger partial charge is 0.507 e. The molecule has 1 aromatic carbocycles. The van der Waals surface area contributed by atoms with Crippen molar-refractivity contribution >= 4 is 0 Å². The van der Waals surface area contributed by atoms with Crippen LogP contribution in [-0.2, 0) is 17.5 Å². The molecule has 8 heteroatoms. The van der Waals surface area contributed by atoms with Gasteiger partial charge in [-0.2, -0.15) is 18.3 Å². The van der Waals surface area contributed by atoms with Crippen LogP contribution in [-0.4, -0.2) is 34.6 Å². The number of phenols is 1. The number of nitrogens with one attached hydrogen (secondary N) is 1. The smallest absolute Gasteiger partial charge is 0.416 e. The summed E-state index contributed by atoms with van der Waals surface area (Å²) in [4.78, 5) is 0. The summed E-state index contributed by atoms with van der Waals surface area (Å²) in [6.45, 7) is 3.83. The Hall–Kier alpha value is -2.19. The predicted molar refractivity (Wildman–Crippen MR) is 89.6 cm³/mol. The van der Waals surface area contributed by atoms with Gasteiger partial charge in [-0.05, 0) is 49.6 Å². The highest BCUT2D eigenvalue weighted by Crippen LogP contribution is 2.36. The third-order valence-electron chi connectivity index (χ3n) is 4.41. The first-order valence-corrected chi connectivity index (χ1v) is 8.39. The molecule has 1 aliphatic rings. The van der Waals surface area contributed by atoms with Crippen LogP contribution in [0.3, 0.4) is 0 Å². The summed E-state index contributed by atoms with van der Waals surface area (Å²) in [5.41, 5.74) is 1.17. The maximum atomic E-state index is 12.7. The topological polar surface area (TPSA) is 67.3 Å². The summed E-state index contributed by atoms with van der Waals surface area (Å²) < 4.78 is 43.5. The molecular formula is C18H20F3N3O2. The Morgan fingerprint density at radius 2 is 1.92 bits per heavy atom. The molecule has 0 atom stereocenters. The van der Waals surface area contributed by atoms with Gasteiger partial charge in [0, 0.05) is 31.4 Å². The van der Waals surface area contributed by atoms with Crippen LogP contribution in [0.25, 0.3) is 11.3 Å². The molecule has 2 aromatic rings. The van der Waals surface area contributed by atoms with Gasteiger partial charge in [0.15, 0.2) is 0 Å². The fourth-order valence-corrected chi connectivity index (χ4v) is 2.95. The van der Waals surface area contributed by atoms with Crippen LogP contribution in [0, 0.1) is 6.92 Å². The number of phenolic OH excluding ortho intramolecular Hbond substituents is 1. The molecular weight excluding hydrogens is 347 g/mol. The monoisotopic (exact) mass is 367 g/mol. The minimum absolute atomic E-state index is 0.229. The van der Waals surface area contributed by atoms with Crippen LogP contribution in [0.1, 0.15) is 29.7 Å². The molecule has 3 rings (SSSR count). The molecule has 140 valence electrons. The first-order valence-electron chi connectivity index (χ1n) is 8.39. The van der Waals surface area contributed by atoms with Gasteiger partial charge >= 0.3 is 6.18 Å². The molecule has 1 aliphatic heterocycles. The number of rotatable bonds is 4. The molecule has 0 spiro atoms. The first kappa shape index (κ1) is 18.6. The fourth-order valence-electron chi connectivity index (χ4n) is 2.95. The summed E-state index contributed by atoms with van der Waals surface area (Å²) in [6, 6.07) is 5.05. The van der Waals surface area contributed by atoms with E-state index in [-0.39, 0.29) is 5.56 Å². The molecule has 0 amide bonds. The molecule has 2 N–H and O–H groups in total. The van der Waals surface area contributed by atoms with Crippen molar-refractivity contribution in [2.45, 2.75) is 38.5 Å². The van der Waals surface area contributed by atoms with Crippen molar-refractivity contribution in [1.29, 1.82) is 0 Å². The van der Waals surface area contributed by atoms with Crippen molar-refractivity contribution < 1.29 is 23.0 Å². The van der Waals surface area contributed by atoms with Gasteiger partial charge < -0.3 is 15.2 Å². The summed E-state index contributed by atoms with van der Waals surface area (Å²) in [7, 11) is 0. The SMILES string of the molecule is Cc1cc(CNC2CCOCC2)nnc1-c1ccc(C(F)(F)F)cc1O. The van der Waals surface area contributed by atoms with Gasteiger partial charge in [0.05, 0.1) is 17.0 Å². The molecule has 1 aromatic heterocycles. The normalized spacial score (nSPS) is 16.0. The number of benzene rings is 1. The van der Waals surface area contributed by atoms with Gasteiger partial charge in [-0.3, -0.25) is 0 Å². The fraction of sp³-hybridized carbons (Fsp3) is 0.444. The standard InChI is InChI=1S/C18H20F3N3O2/c1-11-8-14(10-22-13-4-6-26-7-5-13)23-24-17(11)15-3-2-12(9-16(15)25)18(19,20)21/h2-3,8-9,13,22,25H,4-7,10H2,1H3. The van der Waals surface area contributed by atoms with Gasteiger partial charge in [-0.1, -0.05) is 0 Å². The lowest BCUT2D eigenvalue weighted by Crippen LogP contribution is -2.34. The number of ether oxygens (including phenoxy) is 1. The van der Waals surface area contributed by atoms with Crippen LogP contribution in [0.15, 0.2) is 24.3 Å². The van der Waals surface area contributed by atoms with Crippen LogP contribution in [0.2, 0.25) is 0 Å². The summed E-state index contributed by atoms with van der Waals surface area (Å²) in [5, 5.41) is 21.6. The van der Waals surface area contributed by atoms with Crippen molar-refractivity contribution in [1.82, 2.24) is 15.5 Å². The lowest BCUT2D eigenvalue weighted by Gasteiger charge is -2.23. The molecule has 1 saturated heterocycles. The molecule has 1 fully saturated rings. The lowest BCUT2D eigenvalue weighted by molar-refractivity contribution is -0.137. The third-order valence-corrected chi connectivity index (χ3v) is 4.41. The second-order valence-electron chi connectivity index (χ2n) is 6.36. The Morgan fingerprint density at radius 3 is 2.54 bits per heavy atom. The summed E-state index contributed by atoms with van der Waals surface area (Å²) >= 11 is 0. The van der Waals surface area contributed by atoms with Crippen molar-refractivity contribution in [3.05, 3.63) is 41.1 Å². The Morgan fingerprint density at radius 1 is 1.19 bits per heavy atom. The Labute approximate surface area is 149 Å². The van der Waals surface area contributed by atoms with Crippen molar-refractivity contribution in [3.63, 3.8) is 0 Å². The highest BCUT2D eigenvalue weighted by Gasteiger charge is 2.31. The highest BCUT2D eigenvalue weighted by atomic mass is 19.4. The average molecular weight is 367 g/mol. The van der Waals surface area contributed by atoms with Gasteiger partial charge in [-0.15, -0.1) is 5.10 Å². The Bertz CT molecular complexity index is 775. The van der Waals surface area contributed by atoms with Crippen molar-refractivity contribution in [2.24, 2.45) is 0 Å². The molecule has 0 saturated carbocycles. The third kappa shape index (κ3) is 4.31. The van der Waals surface area contributed by atoms with E-state index in [0.717, 1.165) is 43.4 Å². The van der Waals surface area contributed by atoms with E-state index < -0.39 is 17.5 Å². The van der Waals surface area contributed by atoms with Crippen LogP contribution < -0.4 is 5.32 Å². The number of hydrogen-bond donors (Lipinski definition) is 2. The summed E-state index contributed by atoms with van der Waals surface area (Å²) in [6.07, 6.45) is -2.61. The molecule has 0 unspecified atom stereocenters. The van der Waals surface area contributed by atoms with Gasteiger partial charge in [-0.25, -0.2) is 0 Å². The zero-order valence-electron chi connectivity index (χ0n) is 14.3. The van der Waals surface area contributed by atoms with E-state index >= 15 is 0 Å². The van der Waals surface area contributed by atoms with E-state index in [4.69, 9.17) is 4.74 Å². The zero-order valence-corrected chi connectivity index (χ0v) is 14.3. The van der Waals surface area contributed by atoms with Gasteiger partial charge in [0.2, 0.25) is 0 Å². The van der Waals surface area contributed by atoms with E-state index in [9.17, 15) is 18.3 Å². The second-order valence-corrected chi connectivity index (χ2v) is 6.36. The molecule has 0 radical (unpaired) electrons. The molecule has 2 heterocycles. The van der Waals surface area contributed by atoms with E-state index in [2.05, 4.69) is 15.5 Å². The van der Waals surface area contributed by atoms with Crippen LogP contribution in [0.5, 0.6) is 5.75 Å². The van der Waals surface area contributed by atoms with Crippen molar-refractivity contribution in [2.75, 3.05) is 13.2 Å². The predicted octanol–water partition coefficient (Wildman–Crippen LogP) is 3.45. The maximum Gasteiger partial charge on any atom is 0.416 e. The van der Waals surface area contributed by atoms with Gasteiger partial charge in [0.25, 0.3) is 0 Å². The van der Waals surface area contributed by atoms with Gasteiger partial charge in [0.1, 0.15) is 5.75 Å². The van der Waals surface area contributed by atoms with E-state index in [1.807, 2.05) is 6.07 Å². The number of halogens is 3. The highest BCUT2D eigenvalue weighted by molar-refractivity contribution is 5.69. The second kappa shape index (κ2) is 7.59. The van der Waals surface area contributed by atoms with Crippen molar-refractivity contribution in [3.8, 4) is 17.0 Å². The van der Waals surface area contributed by atoms with Crippen LogP contribution in [0.4, 0.5) is 13.2 Å². The number of aryl methyl sites for hydroxylation is 1. The first-order chi connectivity index (χ1) is 12.3. The molecule has 5 nitrogen and oxygen atoms in total. The van der Waals surface area contributed by atoms with Crippen LogP contribution >= 0.6 is 0 Å². The zero-order chi connectivity index (χ0) is 18.7. The van der Waals surface area contributed by atoms with E-state index in [1.165, 1.54) is 6.07 Å². The number of hydrogen-bond acceptors (Lipinski definition) is 5. The number of aromatic hydroxyl groups is 1. The number of alkyl halides is 3. The quantitative estimate of drug-likeness (QED) is 0.867. The maximum absolute atomic E-state index is 12.7. The Kier molecular flexibility index (Phi) is 5.43. The number of nitrogens with zero attached hydrogens (tertiary/aromatic N) is 2. The minimum Gasteiger partial charge on any atom is -0.507 e. The number of aromatic nitrogens is 2.